The number of anilines is 1. The Bertz CT molecular complexity index is 588. The number of hydrogen-bond acceptors (Lipinski definition) is 5. The Morgan fingerprint density at radius 2 is 2.14 bits per heavy atom. The lowest BCUT2D eigenvalue weighted by molar-refractivity contribution is 0.00945. The van der Waals surface area contributed by atoms with Gasteiger partial charge >= 0.3 is 0 Å². The van der Waals surface area contributed by atoms with E-state index >= 15 is 0 Å². The third kappa shape index (κ3) is 4.60. The Morgan fingerprint density at radius 3 is 2.81 bits per heavy atom. The molecule has 5 nitrogen and oxygen atoms in total. The first-order valence-electron chi connectivity index (χ1n) is 6.98. The number of thioether (sulfide) groups is 1. The van der Waals surface area contributed by atoms with Gasteiger partial charge in [-0.05, 0) is 31.9 Å². The van der Waals surface area contributed by atoms with Crippen molar-refractivity contribution in [2.45, 2.75) is 30.3 Å². The number of hydrogen-bond donors (Lipinski definition) is 2. The number of aliphatic hydroxyl groups is 1. The summed E-state index contributed by atoms with van der Waals surface area (Å²) in [6.07, 6.45) is 1.35. The molecule has 2 rings (SSSR count). The molecular weight excluding hydrogens is 308 g/mol. The van der Waals surface area contributed by atoms with E-state index in [1.54, 1.807) is 13.0 Å². The van der Waals surface area contributed by atoms with Crippen LogP contribution < -0.4 is 5.73 Å². The highest BCUT2D eigenvalue weighted by molar-refractivity contribution is 8.00. The van der Waals surface area contributed by atoms with E-state index in [1.807, 2.05) is 18.2 Å². The van der Waals surface area contributed by atoms with Crippen LogP contribution in [-0.2, 0) is 10.0 Å². The van der Waals surface area contributed by atoms with E-state index in [4.69, 9.17) is 5.73 Å². The lowest BCUT2D eigenvalue weighted by Crippen LogP contribution is -2.49. The Morgan fingerprint density at radius 1 is 1.43 bits per heavy atom. The van der Waals surface area contributed by atoms with Crippen molar-refractivity contribution >= 4 is 27.5 Å². The largest absolute Gasteiger partial charge is 0.398 e. The molecule has 1 aliphatic rings. The number of β-amino-alcohol motifs (C(OH)–C–C–N with tert-alkyl or cyclic N) is 1. The van der Waals surface area contributed by atoms with Crippen molar-refractivity contribution in [2.75, 3.05) is 30.3 Å². The number of nitrogen functional groups attached to an aromatic ring is 1. The molecule has 118 valence electrons. The Labute approximate surface area is 130 Å². The molecule has 0 amide bonds. The van der Waals surface area contributed by atoms with E-state index in [0.29, 0.717) is 30.8 Å². The fourth-order valence-electron chi connectivity index (χ4n) is 2.41. The smallest absolute Gasteiger partial charge is 0.215 e. The molecule has 3 N–H and O–H groups in total. The standard InChI is InChI=1S/C14H22N2O3S2/c1-14(17)7-4-8-16(11-14)21(18,19)10-9-20-13-6-3-2-5-12(13)15/h2-3,5-6,17H,4,7-11,15H2,1H3. The Hall–Kier alpha value is -0.760. The highest BCUT2D eigenvalue weighted by atomic mass is 32.2. The second kappa shape index (κ2) is 6.56. The average Bonchev–Trinajstić information content (AvgIpc) is 2.40. The minimum atomic E-state index is -3.33. The zero-order valence-corrected chi connectivity index (χ0v) is 13.8. The van der Waals surface area contributed by atoms with Gasteiger partial charge in [-0.1, -0.05) is 12.1 Å². The molecular formula is C14H22N2O3S2. The van der Waals surface area contributed by atoms with Crippen molar-refractivity contribution in [3.63, 3.8) is 0 Å². The van der Waals surface area contributed by atoms with Gasteiger partial charge in [-0.25, -0.2) is 8.42 Å². The van der Waals surface area contributed by atoms with Crippen molar-refractivity contribution in [1.29, 1.82) is 0 Å². The van der Waals surface area contributed by atoms with Crippen LogP contribution in [0.1, 0.15) is 19.8 Å². The van der Waals surface area contributed by atoms with Gasteiger partial charge in [-0.3, -0.25) is 0 Å². The maximum atomic E-state index is 12.3. The zero-order valence-electron chi connectivity index (χ0n) is 12.2. The molecule has 1 fully saturated rings. The number of nitrogens with two attached hydrogens (primary N) is 1. The van der Waals surface area contributed by atoms with Gasteiger partial charge in [0.05, 0.1) is 11.4 Å². The third-order valence-corrected chi connectivity index (χ3v) is 6.72. The van der Waals surface area contributed by atoms with Crippen LogP contribution in [0.15, 0.2) is 29.2 Å². The normalized spacial score (nSPS) is 24.1. The fourth-order valence-corrected chi connectivity index (χ4v) is 5.36. The van der Waals surface area contributed by atoms with Crippen LogP contribution in [0.2, 0.25) is 0 Å². The van der Waals surface area contributed by atoms with E-state index in [0.717, 1.165) is 4.90 Å². The maximum Gasteiger partial charge on any atom is 0.215 e. The molecule has 0 radical (unpaired) electrons. The molecule has 21 heavy (non-hydrogen) atoms. The predicted octanol–water partition coefficient (Wildman–Crippen LogP) is 1.54. The number of rotatable bonds is 5. The highest BCUT2D eigenvalue weighted by Gasteiger charge is 2.34. The first-order valence-corrected chi connectivity index (χ1v) is 9.57. The van der Waals surface area contributed by atoms with Gasteiger partial charge in [0, 0.05) is 29.4 Å². The summed E-state index contributed by atoms with van der Waals surface area (Å²) < 4.78 is 26.0. The van der Waals surface area contributed by atoms with Crippen LogP contribution in [0.5, 0.6) is 0 Å². The third-order valence-electron chi connectivity index (χ3n) is 3.55. The summed E-state index contributed by atoms with van der Waals surface area (Å²) in [5.41, 5.74) is 5.59. The van der Waals surface area contributed by atoms with Crippen molar-refractivity contribution < 1.29 is 13.5 Å². The predicted molar refractivity (Wildman–Crippen MR) is 86.8 cm³/mol. The Kier molecular flexibility index (Phi) is 5.19. The lowest BCUT2D eigenvalue weighted by Gasteiger charge is -2.35. The number of benzene rings is 1. The summed E-state index contributed by atoms with van der Waals surface area (Å²) >= 11 is 1.44. The number of sulfonamides is 1. The van der Waals surface area contributed by atoms with Crippen LogP contribution in [0.25, 0.3) is 0 Å². The number of para-hydroxylation sites is 1. The molecule has 1 unspecified atom stereocenters. The molecule has 1 saturated heterocycles. The summed E-state index contributed by atoms with van der Waals surface area (Å²) in [6.45, 7) is 2.37. The summed E-state index contributed by atoms with van der Waals surface area (Å²) in [4.78, 5) is 0.901. The van der Waals surface area contributed by atoms with E-state index < -0.39 is 15.6 Å². The van der Waals surface area contributed by atoms with Gasteiger partial charge in [0.15, 0.2) is 0 Å². The first-order chi connectivity index (χ1) is 9.80. The maximum absolute atomic E-state index is 12.3. The van der Waals surface area contributed by atoms with Crippen LogP contribution in [0.3, 0.4) is 0 Å². The molecule has 0 aromatic heterocycles. The molecule has 0 saturated carbocycles. The van der Waals surface area contributed by atoms with Crippen molar-refractivity contribution in [1.82, 2.24) is 4.31 Å². The monoisotopic (exact) mass is 330 g/mol. The van der Waals surface area contributed by atoms with Crippen LogP contribution in [-0.4, -0.2) is 48.0 Å². The van der Waals surface area contributed by atoms with E-state index in [-0.39, 0.29) is 12.3 Å². The van der Waals surface area contributed by atoms with Gasteiger partial charge in [-0.15, -0.1) is 11.8 Å². The molecule has 0 bridgehead atoms. The van der Waals surface area contributed by atoms with Crippen LogP contribution in [0.4, 0.5) is 5.69 Å². The van der Waals surface area contributed by atoms with E-state index in [1.165, 1.54) is 16.1 Å². The van der Waals surface area contributed by atoms with Gasteiger partial charge in [0.2, 0.25) is 10.0 Å². The molecule has 7 heteroatoms. The topological polar surface area (TPSA) is 83.6 Å². The lowest BCUT2D eigenvalue weighted by atomic mass is 9.97. The molecule has 0 aliphatic carbocycles. The summed E-state index contributed by atoms with van der Waals surface area (Å²) in [7, 11) is -3.33. The molecule has 1 aliphatic heterocycles. The van der Waals surface area contributed by atoms with Crippen LogP contribution >= 0.6 is 11.8 Å². The van der Waals surface area contributed by atoms with Crippen molar-refractivity contribution in [2.24, 2.45) is 0 Å². The molecule has 1 aromatic rings. The second-order valence-corrected chi connectivity index (χ2v) is 8.86. The summed E-state index contributed by atoms with van der Waals surface area (Å²) in [5.74, 6) is 0.511. The number of piperidine rings is 1. The van der Waals surface area contributed by atoms with E-state index in [9.17, 15) is 13.5 Å². The first kappa shape index (κ1) is 16.6. The van der Waals surface area contributed by atoms with Gasteiger partial charge in [0.25, 0.3) is 0 Å². The molecule has 0 spiro atoms. The van der Waals surface area contributed by atoms with E-state index in [2.05, 4.69) is 0 Å². The zero-order chi connectivity index (χ0) is 15.5. The van der Waals surface area contributed by atoms with Gasteiger partial charge < -0.3 is 10.8 Å². The van der Waals surface area contributed by atoms with Gasteiger partial charge in [-0.2, -0.15) is 4.31 Å². The Balaban J connectivity index is 1.91. The molecule has 1 heterocycles. The quantitative estimate of drug-likeness (QED) is 0.632. The highest BCUT2D eigenvalue weighted by Crippen LogP contribution is 2.26. The minimum absolute atomic E-state index is 0.0576. The minimum Gasteiger partial charge on any atom is -0.398 e. The van der Waals surface area contributed by atoms with Crippen molar-refractivity contribution in [3.8, 4) is 0 Å². The van der Waals surface area contributed by atoms with Crippen molar-refractivity contribution in [3.05, 3.63) is 24.3 Å². The SMILES string of the molecule is CC1(O)CCCN(S(=O)(=O)CCSc2ccccc2N)C1. The van der Waals surface area contributed by atoms with Gasteiger partial charge in [0.1, 0.15) is 0 Å². The second-order valence-electron chi connectivity index (χ2n) is 5.64. The molecule has 1 aromatic carbocycles. The van der Waals surface area contributed by atoms with Crippen LogP contribution in [0, 0.1) is 0 Å². The summed E-state index contributed by atoms with van der Waals surface area (Å²) in [6, 6.07) is 7.43. The summed E-state index contributed by atoms with van der Waals surface area (Å²) in [5, 5.41) is 10.0. The fraction of sp³-hybridized carbons (Fsp3) is 0.571. The average molecular weight is 330 g/mol. The molecule has 1 atom stereocenters. The number of nitrogens with zero attached hydrogens (tertiary/aromatic N) is 1.